The van der Waals surface area contributed by atoms with Crippen LogP contribution in [0.2, 0.25) is 0 Å². The molecule has 1 N–H and O–H groups in total. The predicted molar refractivity (Wildman–Crippen MR) is 26.8 cm³/mol. The van der Waals surface area contributed by atoms with Gasteiger partial charge in [-0.25, -0.2) is 8.42 Å². The van der Waals surface area contributed by atoms with E-state index in [0.29, 0.717) is 0 Å². The Balaban J connectivity index is 0. The molecule has 10 heavy (non-hydrogen) atoms. The molecule has 0 bridgehead atoms. The second kappa shape index (κ2) is 5.09. The van der Waals surface area contributed by atoms with Gasteiger partial charge in [-0.05, 0) is 0 Å². The van der Waals surface area contributed by atoms with E-state index in [-0.39, 0.29) is 29.6 Å². The van der Waals surface area contributed by atoms with Crippen molar-refractivity contribution in [3.63, 3.8) is 0 Å². The number of carboxylic acids is 1. The number of hydrogen-bond acceptors (Lipinski definition) is 4. The Morgan fingerprint density at radius 2 is 1.90 bits per heavy atom. The molecule has 7 heteroatoms. The van der Waals surface area contributed by atoms with Gasteiger partial charge in [0.2, 0.25) is 0 Å². The normalized spacial score (nSPS) is 10.1. The smallest absolute Gasteiger partial charge is 0.748 e. The number of aliphatic carboxylic acids is 1. The van der Waals surface area contributed by atoms with Crippen molar-refractivity contribution in [3.05, 3.63) is 0 Å². The van der Waals surface area contributed by atoms with Gasteiger partial charge in [-0.1, -0.05) is 0 Å². The Morgan fingerprint density at radius 3 is 2.00 bits per heavy atom. The summed E-state index contributed by atoms with van der Waals surface area (Å²) in [5.41, 5.74) is 0. The summed E-state index contributed by atoms with van der Waals surface area (Å²) in [5.74, 6) is -2.11. The zero-order valence-corrected chi connectivity index (χ0v) is 8.22. The van der Waals surface area contributed by atoms with Crippen molar-refractivity contribution in [2.24, 2.45) is 0 Å². The quantitative estimate of drug-likeness (QED) is 0.349. The van der Waals surface area contributed by atoms with Gasteiger partial charge in [-0.15, -0.1) is 0 Å². The van der Waals surface area contributed by atoms with Crippen LogP contribution in [0.4, 0.5) is 0 Å². The molecule has 0 fully saturated rings. The van der Waals surface area contributed by atoms with Crippen molar-refractivity contribution in [2.45, 2.75) is 6.42 Å². The molecule has 0 radical (unpaired) electrons. The molecule has 0 saturated heterocycles. The first kappa shape index (κ1) is 13.0. The van der Waals surface area contributed by atoms with Gasteiger partial charge >= 0.3 is 35.5 Å². The second-order valence-electron chi connectivity index (χ2n) is 1.41. The van der Waals surface area contributed by atoms with Gasteiger partial charge in [0.05, 0.1) is 16.5 Å². The van der Waals surface area contributed by atoms with Crippen LogP contribution in [0.1, 0.15) is 6.42 Å². The molecule has 0 aromatic carbocycles. The average Bonchev–Trinajstić information content (AvgIpc) is 1.59. The Morgan fingerprint density at radius 1 is 1.50 bits per heavy atom. The van der Waals surface area contributed by atoms with Crippen LogP contribution in [0.15, 0.2) is 0 Å². The molecule has 0 heterocycles. The molecule has 0 aromatic rings. The van der Waals surface area contributed by atoms with Crippen LogP contribution in [0.3, 0.4) is 0 Å². The summed E-state index contributed by atoms with van der Waals surface area (Å²) in [4.78, 5) is 9.64. The molecule has 0 aliphatic rings. The first-order chi connectivity index (χ1) is 3.92. The van der Waals surface area contributed by atoms with E-state index in [0.717, 1.165) is 0 Å². The molecule has 0 aromatic heterocycles. The van der Waals surface area contributed by atoms with Gasteiger partial charge in [0.15, 0.2) is 0 Å². The third-order valence-electron chi connectivity index (χ3n) is 0.566. The Labute approximate surface area is 80.5 Å². The zero-order valence-electron chi connectivity index (χ0n) is 5.40. The molecule has 0 unspecified atom stereocenters. The molecular formula is C3H5NaO5S. The van der Waals surface area contributed by atoms with Crippen molar-refractivity contribution >= 4 is 16.1 Å². The van der Waals surface area contributed by atoms with E-state index in [4.69, 9.17) is 5.11 Å². The molecule has 0 aliphatic heterocycles. The van der Waals surface area contributed by atoms with Gasteiger partial charge in [0.1, 0.15) is 0 Å². The molecule has 0 aliphatic carbocycles. The molecule has 0 saturated carbocycles. The minimum Gasteiger partial charge on any atom is -0.748 e. The molecule has 5 nitrogen and oxygen atoms in total. The fraction of sp³-hybridized carbons (Fsp3) is 0.667. The summed E-state index contributed by atoms with van der Waals surface area (Å²) in [6.07, 6.45) is -0.619. The molecule has 0 amide bonds. The minimum absolute atomic E-state index is 0. The molecule has 0 atom stereocenters. The van der Waals surface area contributed by atoms with E-state index < -0.39 is 28.3 Å². The SMILES string of the molecule is O=C(O)CCS(=O)(=O)[O-].[Na+]. The average molecular weight is 176 g/mol. The summed E-state index contributed by atoms with van der Waals surface area (Å²) >= 11 is 0. The van der Waals surface area contributed by atoms with Crippen molar-refractivity contribution in [1.82, 2.24) is 0 Å². The van der Waals surface area contributed by atoms with Crippen LogP contribution >= 0.6 is 0 Å². The first-order valence-electron chi connectivity index (χ1n) is 2.07. The number of carboxylic acid groups (broad SMARTS) is 1. The van der Waals surface area contributed by atoms with Crippen LogP contribution in [0.5, 0.6) is 0 Å². The summed E-state index contributed by atoms with van der Waals surface area (Å²) in [5, 5.41) is 7.87. The Kier molecular flexibility index (Phi) is 6.61. The van der Waals surface area contributed by atoms with Gasteiger partial charge in [-0.2, -0.15) is 0 Å². The molecular weight excluding hydrogens is 171 g/mol. The zero-order chi connectivity index (χ0) is 7.49. The molecule has 0 spiro atoms. The number of hydrogen-bond donors (Lipinski definition) is 1. The Bertz CT molecular complexity index is 195. The van der Waals surface area contributed by atoms with E-state index in [1.807, 2.05) is 0 Å². The minimum atomic E-state index is -4.35. The predicted octanol–water partition coefficient (Wildman–Crippen LogP) is -3.99. The van der Waals surface area contributed by atoms with Crippen LogP contribution in [0.25, 0.3) is 0 Å². The summed E-state index contributed by atoms with van der Waals surface area (Å²) in [6, 6.07) is 0. The molecule has 0 rings (SSSR count). The van der Waals surface area contributed by atoms with Crippen LogP contribution in [-0.2, 0) is 14.9 Å². The number of carbonyl (C=O) groups is 1. The monoisotopic (exact) mass is 176 g/mol. The number of rotatable bonds is 3. The topological polar surface area (TPSA) is 94.5 Å². The Hall–Kier alpha value is 0.380. The maximum atomic E-state index is 9.72. The van der Waals surface area contributed by atoms with Gasteiger partial charge < -0.3 is 9.66 Å². The van der Waals surface area contributed by atoms with E-state index in [1.54, 1.807) is 0 Å². The van der Waals surface area contributed by atoms with Gasteiger partial charge in [0, 0.05) is 5.75 Å². The second-order valence-corrected chi connectivity index (χ2v) is 2.93. The third-order valence-corrected chi connectivity index (χ3v) is 1.27. The van der Waals surface area contributed by atoms with Gasteiger partial charge in [0.25, 0.3) is 0 Å². The molecule has 54 valence electrons. The maximum absolute atomic E-state index is 9.72. The summed E-state index contributed by atoms with van der Waals surface area (Å²) in [6.45, 7) is 0. The first-order valence-corrected chi connectivity index (χ1v) is 3.65. The van der Waals surface area contributed by atoms with Crippen LogP contribution in [0, 0.1) is 0 Å². The van der Waals surface area contributed by atoms with E-state index in [1.165, 1.54) is 0 Å². The van der Waals surface area contributed by atoms with Crippen LogP contribution in [-0.4, -0.2) is 29.8 Å². The van der Waals surface area contributed by atoms with E-state index in [2.05, 4.69) is 0 Å². The largest absolute Gasteiger partial charge is 1.00 e. The fourth-order valence-electron chi connectivity index (χ4n) is 0.212. The van der Waals surface area contributed by atoms with Crippen LogP contribution < -0.4 is 29.6 Å². The summed E-state index contributed by atoms with van der Waals surface area (Å²) in [7, 11) is -4.35. The maximum Gasteiger partial charge on any atom is 1.00 e. The fourth-order valence-corrected chi connectivity index (χ4v) is 0.637. The van der Waals surface area contributed by atoms with Crippen molar-refractivity contribution in [2.75, 3.05) is 5.75 Å². The van der Waals surface area contributed by atoms with Crippen molar-refractivity contribution in [3.8, 4) is 0 Å². The summed E-state index contributed by atoms with van der Waals surface area (Å²) < 4.78 is 29.2. The van der Waals surface area contributed by atoms with Crippen molar-refractivity contribution in [1.29, 1.82) is 0 Å². The third kappa shape index (κ3) is 11.2. The van der Waals surface area contributed by atoms with E-state index in [9.17, 15) is 17.8 Å². The van der Waals surface area contributed by atoms with E-state index >= 15 is 0 Å². The van der Waals surface area contributed by atoms with Crippen molar-refractivity contribution < 1.29 is 52.4 Å². The standard InChI is InChI=1S/C3H6O5S.Na/c4-3(5)1-2-9(6,7)8;/h1-2H2,(H,4,5)(H,6,7,8);/q;+1/p-1. The van der Waals surface area contributed by atoms with Gasteiger partial charge in [-0.3, -0.25) is 4.79 Å².